The van der Waals surface area contributed by atoms with Crippen LogP contribution in [0.5, 0.6) is 5.88 Å². The smallest absolute Gasteiger partial charge is 0.341 e. The number of aromatic carboxylic acids is 1. The van der Waals surface area contributed by atoms with Crippen molar-refractivity contribution in [1.82, 2.24) is 14.8 Å². The van der Waals surface area contributed by atoms with Gasteiger partial charge >= 0.3 is 5.97 Å². The Morgan fingerprint density at radius 1 is 1.48 bits per heavy atom. The number of carboxylic acid groups (broad SMARTS) is 1. The molecular formula is C16H19N3O4. The molecule has 0 amide bonds. The van der Waals surface area contributed by atoms with E-state index in [2.05, 4.69) is 17.0 Å². The molecule has 0 unspecified atom stereocenters. The molecule has 0 atom stereocenters. The second kappa shape index (κ2) is 4.44. The quantitative estimate of drug-likeness (QED) is 0.930. The van der Waals surface area contributed by atoms with E-state index in [-0.39, 0.29) is 28.7 Å². The Labute approximate surface area is 133 Å². The first kappa shape index (κ1) is 14.4. The summed E-state index contributed by atoms with van der Waals surface area (Å²) in [5.74, 6) is -0.940. The third kappa shape index (κ3) is 2.10. The summed E-state index contributed by atoms with van der Waals surface area (Å²) >= 11 is 0. The normalized spacial score (nSPS) is 29.0. The van der Waals surface area contributed by atoms with Gasteiger partial charge in [0, 0.05) is 24.4 Å². The minimum atomic E-state index is -1.05. The number of nitrogens with zero attached hydrogens (tertiary/aromatic N) is 3. The molecule has 3 aliphatic rings. The summed E-state index contributed by atoms with van der Waals surface area (Å²) < 4.78 is 13.2. The second-order valence-corrected chi connectivity index (χ2v) is 7.12. The average molecular weight is 317 g/mol. The van der Waals surface area contributed by atoms with Gasteiger partial charge in [0.15, 0.2) is 5.65 Å². The summed E-state index contributed by atoms with van der Waals surface area (Å²) in [4.78, 5) is 15.8. The fourth-order valence-electron chi connectivity index (χ4n) is 3.73. The Morgan fingerprint density at radius 2 is 2.22 bits per heavy atom. The van der Waals surface area contributed by atoms with E-state index < -0.39 is 5.97 Å². The second-order valence-electron chi connectivity index (χ2n) is 7.12. The predicted molar refractivity (Wildman–Crippen MR) is 81.8 cm³/mol. The maximum atomic E-state index is 11.5. The lowest BCUT2D eigenvalue weighted by atomic mass is 9.69. The summed E-state index contributed by atoms with van der Waals surface area (Å²) in [6.07, 6.45) is 3.56. The fourth-order valence-corrected chi connectivity index (χ4v) is 3.73. The SMILES string of the molecule is CC(C)Oc1nc2nn(C34COC(C)(C3)C4)cc2cc1C(=O)O. The molecule has 4 heterocycles. The lowest BCUT2D eigenvalue weighted by Gasteiger charge is -2.42. The number of aromatic nitrogens is 3. The number of ether oxygens (including phenoxy) is 2. The van der Waals surface area contributed by atoms with Crippen molar-refractivity contribution in [3.05, 3.63) is 17.8 Å². The molecule has 1 aliphatic carbocycles. The van der Waals surface area contributed by atoms with Gasteiger partial charge in [-0.15, -0.1) is 0 Å². The molecule has 122 valence electrons. The molecule has 2 saturated heterocycles. The molecule has 2 bridgehead atoms. The van der Waals surface area contributed by atoms with E-state index in [0.717, 1.165) is 12.8 Å². The first-order chi connectivity index (χ1) is 10.8. The Kier molecular flexibility index (Phi) is 2.79. The first-order valence-corrected chi connectivity index (χ1v) is 7.75. The molecule has 23 heavy (non-hydrogen) atoms. The zero-order valence-corrected chi connectivity index (χ0v) is 13.4. The van der Waals surface area contributed by atoms with E-state index in [1.807, 2.05) is 24.7 Å². The lowest BCUT2D eigenvalue weighted by molar-refractivity contribution is 0.00381. The largest absolute Gasteiger partial charge is 0.477 e. The molecule has 0 aromatic carbocycles. The average Bonchev–Trinajstić information content (AvgIpc) is 3.06. The number of hydrogen-bond acceptors (Lipinski definition) is 5. The molecule has 1 saturated carbocycles. The van der Waals surface area contributed by atoms with Gasteiger partial charge < -0.3 is 14.6 Å². The van der Waals surface area contributed by atoms with Crippen LogP contribution in [0.3, 0.4) is 0 Å². The zero-order valence-electron chi connectivity index (χ0n) is 13.4. The summed E-state index contributed by atoms with van der Waals surface area (Å²) in [6.45, 7) is 6.41. The standard InChI is InChI=1S/C16H19N3O4/c1-9(2)23-13-11(14(20)21)4-10-5-19(18-12(10)17-13)16-6-15(3,7-16)22-8-16/h4-5,9H,6-8H2,1-3H3,(H,20,21). The summed E-state index contributed by atoms with van der Waals surface area (Å²) in [5, 5.41) is 14.6. The molecule has 5 rings (SSSR count). The molecule has 1 N–H and O–H groups in total. The van der Waals surface area contributed by atoms with Gasteiger partial charge in [-0.3, -0.25) is 4.68 Å². The van der Waals surface area contributed by atoms with Gasteiger partial charge in [-0.05, 0) is 26.8 Å². The lowest BCUT2D eigenvalue weighted by Crippen LogP contribution is -2.49. The van der Waals surface area contributed by atoms with Crippen molar-refractivity contribution in [2.75, 3.05) is 6.61 Å². The maximum absolute atomic E-state index is 11.5. The molecular weight excluding hydrogens is 298 g/mol. The monoisotopic (exact) mass is 317 g/mol. The highest BCUT2D eigenvalue weighted by atomic mass is 16.5. The predicted octanol–water partition coefficient (Wildman–Crippen LogP) is 2.19. The van der Waals surface area contributed by atoms with Gasteiger partial charge in [-0.25, -0.2) is 4.79 Å². The van der Waals surface area contributed by atoms with E-state index in [1.165, 1.54) is 0 Å². The van der Waals surface area contributed by atoms with Crippen LogP contribution in [0.2, 0.25) is 0 Å². The summed E-state index contributed by atoms with van der Waals surface area (Å²) in [5.41, 5.74) is 0.409. The number of pyridine rings is 1. The Bertz CT molecular complexity index is 805. The molecule has 7 heteroatoms. The highest BCUT2D eigenvalue weighted by Crippen LogP contribution is 2.55. The third-order valence-corrected chi connectivity index (χ3v) is 4.62. The van der Waals surface area contributed by atoms with Crippen LogP contribution >= 0.6 is 0 Å². The molecule has 2 aliphatic heterocycles. The topological polar surface area (TPSA) is 86.5 Å². The van der Waals surface area contributed by atoms with Gasteiger partial charge in [0.1, 0.15) is 5.56 Å². The van der Waals surface area contributed by atoms with Crippen molar-refractivity contribution in [1.29, 1.82) is 0 Å². The van der Waals surface area contributed by atoms with Gasteiger partial charge in [-0.2, -0.15) is 10.1 Å². The van der Waals surface area contributed by atoms with Gasteiger partial charge in [0.2, 0.25) is 5.88 Å². The van der Waals surface area contributed by atoms with Gasteiger partial charge in [0.05, 0.1) is 23.9 Å². The third-order valence-electron chi connectivity index (χ3n) is 4.62. The Hall–Kier alpha value is -2.15. The van der Waals surface area contributed by atoms with Crippen LogP contribution in [0, 0.1) is 0 Å². The van der Waals surface area contributed by atoms with Crippen LogP contribution in [0.4, 0.5) is 0 Å². The minimum Gasteiger partial charge on any atom is -0.477 e. The van der Waals surface area contributed by atoms with Crippen molar-refractivity contribution >= 4 is 17.0 Å². The molecule has 2 aromatic heterocycles. The Morgan fingerprint density at radius 3 is 2.78 bits per heavy atom. The number of carboxylic acids is 1. The number of hydrogen-bond donors (Lipinski definition) is 1. The van der Waals surface area contributed by atoms with Crippen LogP contribution in [0.1, 0.15) is 44.0 Å². The highest BCUT2D eigenvalue weighted by molar-refractivity contribution is 5.94. The molecule has 7 nitrogen and oxygen atoms in total. The van der Waals surface area contributed by atoms with E-state index in [0.29, 0.717) is 17.6 Å². The highest BCUT2D eigenvalue weighted by Gasteiger charge is 2.61. The number of fused-ring (bicyclic) bond motifs is 2. The number of carbonyl (C=O) groups is 1. The molecule has 3 fully saturated rings. The van der Waals surface area contributed by atoms with Crippen LogP contribution in [0.25, 0.3) is 11.0 Å². The molecule has 0 radical (unpaired) electrons. The van der Waals surface area contributed by atoms with E-state index in [4.69, 9.17) is 9.47 Å². The van der Waals surface area contributed by atoms with Crippen molar-refractivity contribution in [3.63, 3.8) is 0 Å². The van der Waals surface area contributed by atoms with E-state index in [1.54, 1.807) is 6.07 Å². The molecule has 0 spiro atoms. The van der Waals surface area contributed by atoms with E-state index in [9.17, 15) is 9.90 Å². The van der Waals surface area contributed by atoms with Crippen LogP contribution in [-0.4, -0.2) is 44.2 Å². The van der Waals surface area contributed by atoms with Crippen molar-refractivity contribution in [3.8, 4) is 5.88 Å². The van der Waals surface area contributed by atoms with Crippen molar-refractivity contribution in [2.24, 2.45) is 0 Å². The van der Waals surface area contributed by atoms with Crippen LogP contribution in [-0.2, 0) is 10.3 Å². The maximum Gasteiger partial charge on any atom is 0.341 e. The zero-order chi connectivity index (χ0) is 16.4. The van der Waals surface area contributed by atoms with Crippen LogP contribution < -0.4 is 4.74 Å². The van der Waals surface area contributed by atoms with E-state index >= 15 is 0 Å². The van der Waals surface area contributed by atoms with Crippen LogP contribution in [0.15, 0.2) is 12.3 Å². The molecule has 2 aromatic rings. The first-order valence-electron chi connectivity index (χ1n) is 7.75. The summed E-state index contributed by atoms with van der Waals surface area (Å²) in [6, 6.07) is 1.58. The van der Waals surface area contributed by atoms with Gasteiger partial charge in [0.25, 0.3) is 0 Å². The minimum absolute atomic E-state index is 0.0380. The Balaban J connectivity index is 1.78. The summed E-state index contributed by atoms with van der Waals surface area (Å²) in [7, 11) is 0. The fraction of sp³-hybridized carbons (Fsp3) is 0.562. The van der Waals surface area contributed by atoms with Gasteiger partial charge in [-0.1, -0.05) is 0 Å². The van der Waals surface area contributed by atoms with Crippen molar-refractivity contribution < 1.29 is 19.4 Å². The number of rotatable bonds is 4. The van der Waals surface area contributed by atoms with Crippen molar-refractivity contribution in [2.45, 2.75) is 50.9 Å².